The maximum absolute atomic E-state index is 13.5. The Kier molecular flexibility index (Phi) is 7.46. The van der Waals surface area contributed by atoms with Gasteiger partial charge in [0, 0.05) is 12.1 Å². The molecule has 2 unspecified atom stereocenters. The standard InChI is InChI=1S/C18H20F3N2O6P/c1-3-12(2)29-30(26,27)11-22-15-10-17(28-13-7-5-4-6-8-13)14(18(19,20)21)9-16(15)23(24)25/h4-10,12,22H,3,11H2,1-2H3,(H,26,27). The number of halogens is 3. The number of rotatable bonds is 9. The van der Waals surface area contributed by atoms with Crippen molar-refractivity contribution in [1.82, 2.24) is 0 Å². The van der Waals surface area contributed by atoms with Gasteiger partial charge < -0.3 is 19.5 Å². The first-order valence-electron chi connectivity index (χ1n) is 8.79. The summed E-state index contributed by atoms with van der Waals surface area (Å²) in [6.07, 6.45) is -5.78. The Morgan fingerprint density at radius 3 is 2.43 bits per heavy atom. The zero-order valence-corrected chi connectivity index (χ0v) is 16.9. The van der Waals surface area contributed by atoms with E-state index in [0.29, 0.717) is 12.5 Å². The van der Waals surface area contributed by atoms with Crippen LogP contribution in [0.25, 0.3) is 0 Å². The highest BCUT2D eigenvalue weighted by Gasteiger charge is 2.38. The minimum Gasteiger partial charge on any atom is -0.457 e. The van der Waals surface area contributed by atoms with Gasteiger partial charge in [0.2, 0.25) is 0 Å². The monoisotopic (exact) mass is 448 g/mol. The van der Waals surface area contributed by atoms with E-state index >= 15 is 0 Å². The molecule has 2 N–H and O–H groups in total. The summed E-state index contributed by atoms with van der Waals surface area (Å²) in [4.78, 5) is 20.2. The molecule has 0 saturated carbocycles. The number of ether oxygens (including phenoxy) is 1. The number of alkyl halides is 3. The molecule has 2 atom stereocenters. The van der Waals surface area contributed by atoms with Crippen molar-refractivity contribution in [3.05, 3.63) is 58.1 Å². The molecule has 0 bridgehead atoms. The zero-order chi connectivity index (χ0) is 22.5. The van der Waals surface area contributed by atoms with Crippen LogP contribution < -0.4 is 10.1 Å². The Morgan fingerprint density at radius 1 is 1.27 bits per heavy atom. The van der Waals surface area contributed by atoms with Crippen LogP contribution in [0.5, 0.6) is 11.5 Å². The second-order valence-corrected chi connectivity index (χ2v) is 8.13. The molecule has 12 heteroatoms. The first kappa shape index (κ1) is 23.7. The van der Waals surface area contributed by atoms with E-state index in [0.717, 1.165) is 6.07 Å². The summed E-state index contributed by atoms with van der Waals surface area (Å²) in [5, 5.41) is 13.7. The first-order valence-corrected chi connectivity index (χ1v) is 10.6. The largest absolute Gasteiger partial charge is 0.457 e. The Bertz CT molecular complexity index is 940. The molecule has 8 nitrogen and oxygen atoms in total. The molecule has 0 aromatic heterocycles. The number of hydrogen-bond donors (Lipinski definition) is 2. The first-order chi connectivity index (χ1) is 13.9. The smallest absolute Gasteiger partial charge is 0.420 e. The highest BCUT2D eigenvalue weighted by molar-refractivity contribution is 7.52. The normalized spacial score (nSPS) is 14.6. The van der Waals surface area contributed by atoms with Crippen LogP contribution in [-0.2, 0) is 15.3 Å². The summed E-state index contributed by atoms with van der Waals surface area (Å²) in [5.41, 5.74) is -2.70. The van der Waals surface area contributed by atoms with E-state index in [1.807, 2.05) is 0 Å². The lowest BCUT2D eigenvalue weighted by atomic mass is 10.1. The minimum atomic E-state index is -4.93. The molecule has 0 aliphatic carbocycles. The molecule has 0 aliphatic rings. The Labute approximate surface area is 170 Å². The predicted octanol–water partition coefficient (Wildman–Crippen LogP) is 5.78. The molecule has 164 valence electrons. The third-order valence-electron chi connectivity index (χ3n) is 3.96. The second kappa shape index (κ2) is 9.46. The van der Waals surface area contributed by atoms with Gasteiger partial charge in [-0.2, -0.15) is 13.2 Å². The third-order valence-corrected chi connectivity index (χ3v) is 5.21. The van der Waals surface area contributed by atoms with Crippen LogP contribution in [0.4, 0.5) is 24.5 Å². The molecule has 30 heavy (non-hydrogen) atoms. The van der Waals surface area contributed by atoms with Crippen molar-refractivity contribution >= 4 is 19.0 Å². The summed E-state index contributed by atoms with van der Waals surface area (Å²) < 4.78 is 62.8. The van der Waals surface area contributed by atoms with Gasteiger partial charge in [0.1, 0.15) is 29.0 Å². The van der Waals surface area contributed by atoms with Crippen molar-refractivity contribution in [2.75, 3.05) is 11.6 Å². The third kappa shape index (κ3) is 6.45. The molecule has 2 rings (SSSR count). The molecule has 0 amide bonds. The number of nitro benzene ring substituents is 1. The van der Waals surface area contributed by atoms with Crippen molar-refractivity contribution in [1.29, 1.82) is 0 Å². The minimum absolute atomic E-state index is 0.0794. The van der Waals surface area contributed by atoms with Crippen LogP contribution in [-0.4, -0.2) is 22.2 Å². The Hall–Kier alpha value is -2.62. The van der Waals surface area contributed by atoms with Crippen LogP contribution in [0.3, 0.4) is 0 Å². The van der Waals surface area contributed by atoms with Crippen LogP contribution in [0, 0.1) is 10.1 Å². The number of benzene rings is 2. The van der Waals surface area contributed by atoms with Crippen molar-refractivity contribution < 1.29 is 36.8 Å². The highest BCUT2D eigenvalue weighted by Crippen LogP contribution is 2.46. The van der Waals surface area contributed by atoms with Gasteiger partial charge in [0.25, 0.3) is 5.69 Å². The molecule has 0 saturated heterocycles. The topological polar surface area (TPSA) is 111 Å². The lowest BCUT2D eigenvalue weighted by Gasteiger charge is -2.19. The number of nitrogens with one attached hydrogen (secondary N) is 1. The average molecular weight is 448 g/mol. The van der Waals surface area contributed by atoms with Gasteiger partial charge in [-0.1, -0.05) is 25.1 Å². The summed E-state index contributed by atoms with van der Waals surface area (Å²) >= 11 is 0. The quantitative estimate of drug-likeness (QED) is 0.284. The van der Waals surface area contributed by atoms with Crippen LogP contribution in [0.2, 0.25) is 0 Å². The lowest BCUT2D eigenvalue weighted by Crippen LogP contribution is -2.13. The summed E-state index contributed by atoms with van der Waals surface area (Å²) in [5.74, 6) is -0.617. The fourth-order valence-corrected chi connectivity index (χ4v) is 3.52. The maximum Gasteiger partial charge on any atom is 0.420 e. The van der Waals surface area contributed by atoms with Crippen molar-refractivity contribution in [3.63, 3.8) is 0 Å². The summed E-state index contributed by atoms with van der Waals surface area (Å²) in [6, 6.07) is 8.64. The van der Waals surface area contributed by atoms with E-state index < -0.39 is 53.8 Å². The highest BCUT2D eigenvalue weighted by atomic mass is 31.2. The number of anilines is 1. The molecular weight excluding hydrogens is 428 g/mol. The van der Waals surface area contributed by atoms with E-state index in [1.54, 1.807) is 32.0 Å². The molecule has 0 fully saturated rings. The second-order valence-electron chi connectivity index (χ2n) is 6.33. The lowest BCUT2D eigenvalue weighted by molar-refractivity contribution is -0.384. The van der Waals surface area contributed by atoms with E-state index in [-0.39, 0.29) is 5.75 Å². The molecule has 2 aromatic rings. The summed E-state index contributed by atoms with van der Waals surface area (Å²) in [6.45, 7) is 3.29. The van der Waals surface area contributed by atoms with E-state index in [4.69, 9.17) is 9.26 Å². The van der Waals surface area contributed by atoms with Gasteiger partial charge in [-0.3, -0.25) is 14.7 Å². The molecule has 0 spiro atoms. The van der Waals surface area contributed by atoms with Crippen molar-refractivity contribution in [3.8, 4) is 11.5 Å². The molecule has 2 aromatic carbocycles. The van der Waals surface area contributed by atoms with E-state index in [9.17, 15) is 32.7 Å². The fraction of sp³-hybridized carbons (Fsp3) is 0.333. The van der Waals surface area contributed by atoms with Gasteiger partial charge in [-0.15, -0.1) is 0 Å². The Morgan fingerprint density at radius 2 is 1.90 bits per heavy atom. The van der Waals surface area contributed by atoms with Crippen molar-refractivity contribution in [2.45, 2.75) is 32.5 Å². The SMILES string of the molecule is CCC(C)OP(=O)(O)CNc1cc(Oc2ccccc2)c(C(F)(F)F)cc1[N+](=O)[O-]. The maximum atomic E-state index is 13.5. The van der Waals surface area contributed by atoms with Gasteiger partial charge in [0.15, 0.2) is 0 Å². The van der Waals surface area contributed by atoms with Gasteiger partial charge in [0.05, 0.1) is 11.0 Å². The number of nitro groups is 1. The Balaban J connectivity index is 2.44. The predicted molar refractivity (Wildman–Crippen MR) is 104 cm³/mol. The van der Waals surface area contributed by atoms with Crippen LogP contribution in [0.1, 0.15) is 25.8 Å². The van der Waals surface area contributed by atoms with Gasteiger partial charge in [-0.25, -0.2) is 0 Å². The fourth-order valence-electron chi connectivity index (χ4n) is 2.36. The molecule has 0 radical (unpaired) electrons. The summed E-state index contributed by atoms with van der Waals surface area (Å²) in [7, 11) is -4.20. The van der Waals surface area contributed by atoms with Crippen LogP contribution >= 0.6 is 7.60 Å². The molecule has 0 aliphatic heterocycles. The van der Waals surface area contributed by atoms with Gasteiger partial charge >= 0.3 is 13.8 Å². The number of para-hydroxylation sites is 1. The number of nitrogens with zero attached hydrogens (tertiary/aromatic N) is 1. The van der Waals surface area contributed by atoms with Crippen molar-refractivity contribution in [2.24, 2.45) is 0 Å². The average Bonchev–Trinajstić information content (AvgIpc) is 2.65. The van der Waals surface area contributed by atoms with E-state index in [2.05, 4.69) is 5.32 Å². The number of hydrogen-bond acceptors (Lipinski definition) is 6. The van der Waals surface area contributed by atoms with Crippen LogP contribution in [0.15, 0.2) is 42.5 Å². The molecular formula is C18H20F3N2O6P. The zero-order valence-electron chi connectivity index (χ0n) is 16.0. The molecule has 0 heterocycles. The van der Waals surface area contributed by atoms with E-state index in [1.165, 1.54) is 12.1 Å². The van der Waals surface area contributed by atoms with Gasteiger partial charge in [-0.05, 0) is 25.5 Å².